The molecule has 5 nitrogen and oxygen atoms in total. The molecule has 0 aliphatic rings. The van der Waals surface area contributed by atoms with Crippen molar-refractivity contribution in [2.24, 2.45) is 0 Å². The molecule has 2 rings (SSSR count). The number of hydrogen-bond donors (Lipinski definition) is 2. The van der Waals surface area contributed by atoms with Crippen LogP contribution in [0.25, 0.3) is 0 Å². The fraction of sp³-hybridized carbons (Fsp3) is 0.429. The lowest BCUT2D eigenvalue weighted by Crippen LogP contribution is -2.35. The maximum Gasteiger partial charge on any atom is 0.436 e. The Hall–Kier alpha value is -1.55. The van der Waals surface area contributed by atoms with E-state index in [9.17, 15) is 13.2 Å². The van der Waals surface area contributed by atoms with E-state index in [4.69, 9.17) is 16.6 Å². The molecule has 0 fully saturated rings. The summed E-state index contributed by atoms with van der Waals surface area (Å²) >= 11 is 8.06. The van der Waals surface area contributed by atoms with Crippen molar-refractivity contribution in [3.63, 3.8) is 0 Å². The number of aromatic nitrogens is 2. The number of halogens is 4. The van der Waals surface area contributed by atoms with Gasteiger partial charge in [0.25, 0.3) is 0 Å². The second kappa shape index (κ2) is 8.02. The molecule has 2 heterocycles. The van der Waals surface area contributed by atoms with Crippen molar-refractivity contribution in [1.29, 1.82) is 0 Å². The van der Waals surface area contributed by atoms with Gasteiger partial charge in [-0.1, -0.05) is 0 Å². The van der Waals surface area contributed by atoms with E-state index >= 15 is 0 Å². The van der Waals surface area contributed by atoms with Gasteiger partial charge in [0.05, 0.1) is 23.0 Å². The summed E-state index contributed by atoms with van der Waals surface area (Å²) in [5, 5.41) is 10.0. The maximum atomic E-state index is 12.8. The van der Waals surface area contributed by atoms with Gasteiger partial charge in [-0.15, -0.1) is 0 Å². The summed E-state index contributed by atoms with van der Waals surface area (Å²) in [7, 11) is 0. The van der Waals surface area contributed by atoms with Crippen LogP contribution in [0, 0.1) is 6.92 Å². The normalized spacial score (nSPS) is 11.5. The number of thiocarbonyl (C=S) groups is 1. The summed E-state index contributed by atoms with van der Waals surface area (Å²) in [6.07, 6.45) is -2.31. The van der Waals surface area contributed by atoms with Crippen LogP contribution in [0.3, 0.4) is 0 Å². The topological polar surface area (TPSA) is 55.0 Å². The predicted molar refractivity (Wildman–Crippen MR) is 90.4 cm³/mol. The number of furan rings is 1. The van der Waals surface area contributed by atoms with Crippen molar-refractivity contribution in [2.45, 2.75) is 32.6 Å². The van der Waals surface area contributed by atoms with Crippen molar-refractivity contribution in [3.05, 3.63) is 40.0 Å². The first-order valence-electron chi connectivity index (χ1n) is 7.13. The van der Waals surface area contributed by atoms with Crippen molar-refractivity contribution in [1.82, 2.24) is 20.4 Å². The highest BCUT2D eigenvalue weighted by atomic mass is 79.9. The highest BCUT2D eigenvalue weighted by Gasteiger charge is 2.37. The Bertz CT molecular complexity index is 685. The predicted octanol–water partition coefficient (Wildman–Crippen LogP) is 3.62. The van der Waals surface area contributed by atoms with Crippen LogP contribution in [0.4, 0.5) is 13.2 Å². The average Bonchev–Trinajstić information content (AvgIpc) is 3.12. The first kappa shape index (κ1) is 18.8. The molecule has 0 saturated heterocycles. The van der Waals surface area contributed by atoms with Gasteiger partial charge in [-0.3, -0.25) is 4.68 Å². The lowest BCUT2D eigenvalue weighted by atomic mass is 10.3. The van der Waals surface area contributed by atoms with Crippen molar-refractivity contribution >= 4 is 33.3 Å². The third-order valence-electron chi connectivity index (χ3n) is 3.24. The minimum atomic E-state index is -4.47. The van der Waals surface area contributed by atoms with E-state index in [1.165, 1.54) is 4.68 Å². The van der Waals surface area contributed by atoms with Gasteiger partial charge in [0.1, 0.15) is 5.76 Å². The lowest BCUT2D eigenvalue weighted by molar-refractivity contribution is -0.142. The van der Waals surface area contributed by atoms with E-state index in [1.807, 2.05) is 6.07 Å². The van der Waals surface area contributed by atoms with Crippen molar-refractivity contribution in [3.8, 4) is 0 Å². The van der Waals surface area contributed by atoms with Crippen LogP contribution in [-0.4, -0.2) is 21.4 Å². The third kappa shape index (κ3) is 4.97. The number of hydrogen-bond acceptors (Lipinski definition) is 3. The molecule has 24 heavy (non-hydrogen) atoms. The Kier molecular flexibility index (Phi) is 6.27. The van der Waals surface area contributed by atoms with Crippen LogP contribution < -0.4 is 10.6 Å². The number of rotatable bonds is 6. The molecule has 0 bridgehead atoms. The van der Waals surface area contributed by atoms with E-state index in [0.717, 1.165) is 5.76 Å². The Morgan fingerprint density at radius 1 is 1.42 bits per heavy atom. The van der Waals surface area contributed by atoms with Crippen LogP contribution in [0.1, 0.15) is 23.6 Å². The molecule has 0 aromatic carbocycles. The van der Waals surface area contributed by atoms with E-state index in [2.05, 4.69) is 31.7 Å². The fourth-order valence-electron chi connectivity index (χ4n) is 2.00. The smallest absolute Gasteiger partial charge is 0.436 e. The van der Waals surface area contributed by atoms with Gasteiger partial charge in [0.15, 0.2) is 10.8 Å². The van der Waals surface area contributed by atoms with Gasteiger partial charge in [0.2, 0.25) is 0 Å². The molecule has 2 aromatic heterocycles. The van der Waals surface area contributed by atoms with Crippen molar-refractivity contribution in [2.75, 3.05) is 6.54 Å². The summed E-state index contributed by atoms with van der Waals surface area (Å²) in [6, 6.07) is 3.61. The van der Waals surface area contributed by atoms with Crippen LogP contribution in [0.2, 0.25) is 0 Å². The highest BCUT2D eigenvalue weighted by Crippen LogP contribution is 2.35. The van der Waals surface area contributed by atoms with Gasteiger partial charge in [0, 0.05) is 13.1 Å². The van der Waals surface area contributed by atoms with Gasteiger partial charge in [-0.25, -0.2) is 0 Å². The van der Waals surface area contributed by atoms with E-state index in [0.29, 0.717) is 36.9 Å². The SMILES string of the molecule is Cc1c(Br)c(C(F)(F)F)nn1CCCNC(=S)NCc1ccco1. The molecule has 0 unspecified atom stereocenters. The van der Waals surface area contributed by atoms with E-state index < -0.39 is 11.9 Å². The standard InChI is InChI=1S/C14H16BrF3N4OS/c1-9-11(15)12(14(16,17)18)21-22(9)6-3-5-19-13(24)20-8-10-4-2-7-23-10/h2,4,7H,3,5-6,8H2,1H3,(H2,19,20,24). The molecule has 10 heteroatoms. The maximum absolute atomic E-state index is 12.8. The highest BCUT2D eigenvalue weighted by molar-refractivity contribution is 9.10. The molecule has 2 N–H and O–H groups in total. The average molecular weight is 425 g/mol. The molecule has 0 radical (unpaired) electrons. The molecule has 0 amide bonds. The van der Waals surface area contributed by atoms with Gasteiger partial charge in [-0.2, -0.15) is 18.3 Å². The van der Waals surface area contributed by atoms with Gasteiger partial charge in [-0.05, 0) is 53.6 Å². The zero-order valence-corrected chi connectivity index (χ0v) is 15.2. The molecule has 0 aliphatic carbocycles. The second-order valence-corrected chi connectivity index (χ2v) is 6.21. The minimum Gasteiger partial charge on any atom is -0.467 e. The third-order valence-corrected chi connectivity index (χ3v) is 4.48. The largest absolute Gasteiger partial charge is 0.467 e. The quantitative estimate of drug-likeness (QED) is 0.547. The Balaban J connectivity index is 1.75. The summed E-state index contributed by atoms with van der Waals surface area (Å²) in [5.74, 6) is 0.760. The van der Waals surface area contributed by atoms with Crippen molar-refractivity contribution < 1.29 is 17.6 Å². The Labute approximate surface area is 150 Å². The van der Waals surface area contributed by atoms with Gasteiger partial charge >= 0.3 is 6.18 Å². The zero-order chi connectivity index (χ0) is 17.7. The van der Waals surface area contributed by atoms with Crippen LogP contribution in [0.5, 0.6) is 0 Å². The number of alkyl halides is 3. The molecule has 0 atom stereocenters. The lowest BCUT2D eigenvalue weighted by Gasteiger charge is -2.10. The minimum absolute atomic E-state index is 0.0152. The van der Waals surface area contributed by atoms with Gasteiger partial charge < -0.3 is 15.1 Å². The molecule has 2 aromatic rings. The molecule has 0 aliphatic heterocycles. The number of aryl methyl sites for hydroxylation is 1. The molecule has 132 valence electrons. The van der Waals surface area contributed by atoms with Crippen LogP contribution >= 0.6 is 28.1 Å². The summed E-state index contributed by atoms with van der Waals surface area (Å²) < 4.78 is 44.8. The Morgan fingerprint density at radius 3 is 2.75 bits per heavy atom. The number of nitrogens with one attached hydrogen (secondary N) is 2. The second-order valence-electron chi connectivity index (χ2n) is 5.01. The van der Waals surface area contributed by atoms with E-state index in [1.54, 1.807) is 19.3 Å². The zero-order valence-electron chi connectivity index (χ0n) is 12.8. The number of nitrogens with zero attached hydrogens (tertiary/aromatic N) is 2. The summed E-state index contributed by atoms with van der Waals surface area (Å²) in [5.41, 5.74) is -0.454. The summed E-state index contributed by atoms with van der Waals surface area (Å²) in [6.45, 7) is 2.94. The van der Waals surface area contributed by atoms with E-state index in [-0.39, 0.29) is 4.47 Å². The van der Waals surface area contributed by atoms with Crippen LogP contribution in [-0.2, 0) is 19.3 Å². The monoisotopic (exact) mass is 424 g/mol. The molecule has 0 saturated carbocycles. The Morgan fingerprint density at radius 2 is 2.17 bits per heavy atom. The molecular formula is C14H16BrF3N4OS. The summed E-state index contributed by atoms with van der Waals surface area (Å²) in [4.78, 5) is 0. The first-order valence-corrected chi connectivity index (χ1v) is 8.33. The molecular weight excluding hydrogens is 409 g/mol. The fourth-order valence-corrected chi connectivity index (χ4v) is 2.68. The first-order chi connectivity index (χ1) is 11.3. The molecule has 0 spiro atoms. The van der Waals surface area contributed by atoms with Crippen LogP contribution in [0.15, 0.2) is 27.3 Å².